The molecule has 2 amide bonds. The van der Waals surface area contributed by atoms with Gasteiger partial charge in [-0.3, -0.25) is 4.79 Å². The van der Waals surface area contributed by atoms with Gasteiger partial charge in [0.2, 0.25) is 0 Å². The zero-order valence-corrected chi connectivity index (χ0v) is 14.5. The van der Waals surface area contributed by atoms with Crippen LogP contribution >= 0.6 is 0 Å². The Labute approximate surface area is 146 Å². The third kappa shape index (κ3) is 5.96. The van der Waals surface area contributed by atoms with Gasteiger partial charge in [0.1, 0.15) is 5.75 Å². The third-order valence-corrected chi connectivity index (χ3v) is 3.64. The molecule has 1 aromatic carbocycles. The first kappa shape index (κ1) is 18.5. The normalized spacial score (nSPS) is 10.3. The van der Waals surface area contributed by atoms with Crippen LogP contribution < -0.4 is 20.9 Å². The number of benzene rings is 1. The van der Waals surface area contributed by atoms with E-state index in [1.165, 1.54) is 10.6 Å². The van der Waals surface area contributed by atoms with Gasteiger partial charge in [-0.2, -0.15) is 0 Å². The number of carbonyl (C=O) groups excluding carboxylic acids is 1. The van der Waals surface area contributed by atoms with Crippen LogP contribution in [-0.4, -0.2) is 38.0 Å². The molecule has 1 heterocycles. The fourth-order valence-corrected chi connectivity index (χ4v) is 2.26. The van der Waals surface area contributed by atoms with E-state index in [9.17, 15) is 9.59 Å². The van der Waals surface area contributed by atoms with Gasteiger partial charge in [-0.05, 0) is 30.2 Å². The van der Waals surface area contributed by atoms with E-state index < -0.39 is 0 Å². The number of hydrogen-bond donors (Lipinski definition) is 2. The minimum absolute atomic E-state index is 0.137. The second kappa shape index (κ2) is 9.48. The van der Waals surface area contributed by atoms with Crippen LogP contribution in [0.25, 0.3) is 0 Å². The van der Waals surface area contributed by atoms with Gasteiger partial charge in [0.15, 0.2) is 0 Å². The van der Waals surface area contributed by atoms with E-state index in [0.717, 1.165) is 11.3 Å². The lowest BCUT2D eigenvalue weighted by Crippen LogP contribution is -2.31. The molecule has 0 bridgehead atoms. The second-order valence-electron chi connectivity index (χ2n) is 5.42. The average Bonchev–Trinajstić information content (AvgIpc) is 2.62. The molecular formula is C18H23N3O4. The van der Waals surface area contributed by atoms with Gasteiger partial charge in [-0.25, -0.2) is 4.79 Å². The van der Waals surface area contributed by atoms with Crippen molar-refractivity contribution in [3.05, 3.63) is 58.5 Å². The van der Waals surface area contributed by atoms with Gasteiger partial charge in [0, 0.05) is 32.5 Å². The first-order valence-corrected chi connectivity index (χ1v) is 7.99. The van der Waals surface area contributed by atoms with Gasteiger partial charge < -0.3 is 24.7 Å². The van der Waals surface area contributed by atoms with E-state index in [1.54, 1.807) is 26.5 Å². The Bertz CT molecular complexity index is 741. The van der Waals surface area contributed by atoms with E-state index in [2.05, 4.69) is 10.6 Å². The number of carbonyl (C=O) groups is 1. The molecule has 7 heteroatoms. The van der Waals surface area contributed by atoms with Crippen molar-refractivity contribution in [1.82, 2.24) is 9.88 Å². The number of urea groups is 1. The number of hydrogen-bond acceptors (Lipinski definition) is 4. The van der Waals surface area contributed by atoms with Crippen molar-refractivity contribution in [2.24, 2.45) is 0 Å². The molecule has 0 saturated carbocycles. The van der Waals surface area contributed by atoms with Crippen molar-refractivity contribution in [3.63, 3.8) is 0 Å². The van der Waals surface area contributed by atoms with Gasteiger partial charge in [0.25, 0.3) is 5.56 Å². The molecule has 0 saturated heterocycles. The molecule has 2 aromatic rings. The number of methoxy groups -OCH3 is 2. The fraction of sp³-hybridized carbons (Fsp3) is 0.333. The van der Waals surface area contributed by atoms with Crippen molar-refractivity contribution in [2.45, 2.75) is 13.0 Å². The predicted octanol–water partition coefficient (Wildman–Crippen LogP) is 1.87. The number of ether oxygens (including phenoxy) is 2. The lowest BCUT2D eigenvalue weighted by Gasteiger charge is -2.10. The van der Waals surface area contributed by atoms with Crippen LogP contribution in [0.1, 0.15) is 5.56 Å². The molecule has 2 N–H and O–H groups in total. The molecule has 0 radical (unpaired) electrons. The van der Waals surface area contributed by atoms with Gasteiger partial charge in [-0.15, -0.1) is 0 Å². The highest BCUT2D eigenvalue weighted by atomic mass is 16.5. The molecule has 7 nitrogen and oxygen atoms in total. The maximum absolute atomic E-state index is 12.0. The number of rotatable bonds is 8. The topological polar surface area (TPSA) is 81.6 Å². The summed E-state index contributed by atoms with van der Waals surface area (Å²) in [5, 5.41) is 5.51. The molecule has 0 aliphatic carbocycles. The molecule has 0 fully saturated rings. The largest absolute Gasteiger partial charge is 0.497 e. The van der Waals surface area contributed by atoms with E-state index in [4.69, 9.17) is 9.47 Å². The Morgan fingerprint density at radius 3 is 2.56 bits per heavy atom. The van der Waals surface area contributed by atoms with Crippen LogP contribution in [0.4, 0.5) is 10.5 Å². The van der Waals surface area contributed by atoms with Crippen molar-refractivity contribution in [3.8, 4) is 5.75 Å². The fourth-order valence-electron chi connectivity index (χ4n) is 2.26. The Morgan fingerprint density at radius 1 is 1.12 bits per heavy atom. The summed E-state index contributed by atoms with van der Waals surface area (Å²) in [7, 11) is 3.20. The van der Waals surface area contributed by atoms with Gasteiger partial charge in [0.05, 0.1) is 19.4 Å². The molecular weight excluding hydrogens is 322 g/mol. The third-order valence-electron chi connectivity index (χ3n) is 3.64. The van der Waals surface area contributed by atoms with Crippen LogP contribution in [0.15, 0.2) is 47.4 Å². The number of amides is 2. The Kier molecular flexibility index (Phi) is 7.03. The quantitative estimate of drug-likeness (QED) is 0.765. The lowest BCUT2D eigenvalue weighted by molar-refractivity contribution is 0.186. The molecule has 0 aliphatic rings. The molecule has 25 heavy (non-hydrogen) atoms. The monoisotopic (exact) mass is 345 g/mol. The summed E-state index contributed by atoms with van der Waals surface area (Å²) < 4.78 is 11.6. The maximum Gasteiger partial charge on any atom is 0.319 e. The zero-order valence-electron chi connectivity index (χ0n) is 14.5. The van der Waals surface area contributed by atoms with Gasteiger partial charge in [-0.1, -0.05) is 12.1 Å². The SMILES string of the molecule is COCCn1cc(NC(=O)NCCc2ccc(OC)cc2)ccc1=O. The van der Waals surface area contributed by atoms with Crippen molar-refractivity contribution >= 4 is 11.7 Å². The molecule has 2 rings (SSSR count). The van der Waals surface area contributed by atoms with E-state index >= 15 is 0 Å². The minimum atomic E-state index is -0.314. The summed E-state index contributed by atoms with van der Waals surface area (Å²) in [5.74, 6) is 0.804. The lowest BCUT2D eigenvalue weighted by atomic mass is 10.1. The Morgan fingerprint density at radius 2 is 1.88 bits per heavy atom. The number of pyridine rings is 1. The van der Waals surface area contributed by atoms with Crippen molar-refractivity contribution in [1.29, 1.82) is 0 Å². The number of nitrogens with one attached hydrogen (secondary N) is 2. The first-order chi connectivity index (χ1) is 12.1. The highest BCUT2D eigenvalue weighted by molar-refractivity contribution is 5.88. The van der Waals surface area contributed by atoms with Crippen LogP contribution in [0.3, 0.4) is 0 Å². The smallest absolute Gasteiger partial charge is 0.319 e. The standard InChI is InChI=1S/C18H23N3O4/c1-24-12-11-21-13-15(5-8-17(21)22)20-18(23)19-10-9-14-3-6-16(25-2)7-4-14/h3-8,13H,9-12H2,1-2H3,(H2,19,20,23). The number of anilines is 1. The summed E-state index contributed by atoms with van der Waals surface area (Å²) >= 11 is 0. The minimum Gasteiger partial charge on any atom is -0.497 e. The summed E-state index contributed by atoms with van der Waals surface area (Å²) in [6.07, 6.45) is 2.31. The Hall–Kier alpha value is -2.80. The molecule has 0 aliphatic heterocycles. The molecule has 1 aromatic heterocycles. The van der Waals surface area contributed by atoms with E-state index in [1.807, 2.05) is 24.3 Å². The second-order valence-corrected chi connectivity index (χ2v) is 5.42. The van der Waals surface area contributed by atoms with Crippen LogP contribution in [0, 0.1) is 0 Å². The van der Waals surface area contributed by atoms with E-state index in [-0.39, 0.29) is 11.6 Å². The molecule has 134 valence electrons. The highest BCUT2D eigenvalue weighted by Gasteiger charge is 2.04. The first-order valence-electron chi connectivity index (χ1n) is 7.99. The maximum atomic E-state index is 12.0. The molecule has 0 unspecified atom stereocenters. The average molecular weight is 345 g/mol. The summed E-state index contributed by atoms with van der Waals surface area (Å²) in [4.78, 5) is 23.7. The van der Waals surface area contributed by atoms with Crippen LogP contribution in [-0.2, 0) is 17.7 Å². The summed E-state index contributed by atoms with van der Waals surface area (Å²) in [6, 6.07) is 10.4. The van der Waals surface area contributed by atoms with Crippen molar-refractivity contribution < 1.29 is 14.3 Å². The Balaban J connectivity index is 1.82. The van der Waals surface area contributed by atoms with Crippen LogP contribution in [0.2, 0.25) is 0 Å². The molecule has 0 atom stereocenters. The summed E-state index contributed by atoms with van der Waals surface area (Å²) in [5.41, 5.74) is 1.52. The predicted molar refractivity (Wildman–Crippen MR) is 96.3 cm³/mol. The number of aromatic nitrogens is 1. The van der Waals surface area contributed by atoms with Gasteiger partial charge >= 0.3 is 6.03 Å². The van der Waals surface area contributed by atoms with Crippen molar-refractivity contribution in [2.75, 3.05) is 32.7 Å². The summed E-state index contributed by atoms with van der Waals surface area (Å²) in [6.45, 7) is 1.36. The van der Waals surface area contributed by atoms with Crippen LogP contribution in [0.5, 0.6) is 5.75 Å². The van der Waals surface area contributed by atoms with E-state index in [0.29, 0.717) is 31.8 Å². The highest BCUT2D eigenvalue weighted by Crippen LogP contribution is 2.11. The number of nitrogens with zero attached hydrogens (tertiary/aromatic N) is 1. The molecule has 0 spiro atoms. The zero-order chi connectivity index (χ0) is 18.1.